The third-order valence-corrected chi connectivity index (χ3v) is 4.28. The highest BCUT2D eigenvalue weighted by molar-refractivity contribution is 7.07. The predicted molar refractivity (Wildman–Crippen MR) is 80.6 cm³/mol. The number of hydrogen-bond acceptors (Lipinski definition) is 1. The molecule has 90 valence electrons. The van der Waals surface area contributed by atoms with Crippen molar-refractivity contribution in [1.82, 2.24) is 0 Å². The van der Waals surface area contributed by atoms with Gasteiger partial charge in [-0.15, -0.1) is 11.6 Å². The Hall–Kier alpha value is -1.31. The highest BCUT2D eigenvalue weighted by Crippen LogP contribution is 2.31. The van der Waals surface area contributed by atoms with E-state index in [0.29, 0.717) is 0 Å². The molecule has 0 aliphatic rings. The molecule has 0 N–H and O–H groups in total. The average molecular weight is 273 g/mol. The van der Waals surface area contributed by atoms with E-state index in [4.69, 9.17) is 11.6 Å². The third-order valence-electron chi connectivity index (χ3n) is 3.16. The van der Waals surface area contributed by atoms with Gasteiger partial charge in [-0.2, -0.15) is 11.3 Å². The predicted octanol–water partition coefficient (Wildman–Crippen LogP) is 5.42. The fourth-order valence-corrected chi connectivity index (χ4v) is 3.30. The van der Waals surface area contributed by atoms with Gasteiger partial charge in [0.1, 0.15) is 0 Å². The monoisotopic (exact) mass is 272 g/mol. The van der Waals surface area contributed by atoms with Gasteiger partial charge < -0.3 is 0 Å². The summed E-state index contributed by atoms with van der Waals surface area (Å²) in [6.45, 7) is 0. The van der Waals surface area contributed by atoms with Crippen molar-refractivity contribution in [3.63, 3.8) is 0 Å². The zero-order valence-corrected chi connectivity index (χ0v) is 11.4. The molecule has 0 spiro atoms. The summed E-state index contributed by atoms with van der Waals surface area (Å²) >= 11 is 8.30. The number of alkyl halides is 1. The van der Waals surface area contributed by atoms with Crippen molar-refractivity contribution in [2.45, 2.75) is 11.8 Å². The van der Waals surface area contributed by atoms with E-state index in [9.17, 15) is 0 Å². The van der Waals surface area contributed by atoms with Gasteiger partial charge in [0.25, 0.3) is 0 Å². The molecule has 3 rings (SSSR count). The van der Waals surface area contributed by atoms with Crippen LogP contribution in [0.4, 0.5) is 0 Å². The Morgan fingerprint density at radius 2 is 1.83 bits per heavy atom. The second kappa shape index (κ2) is 5.13. The topological polar surface area (TPSA) is 0 Å². The zero-order chi connectivity index (χ0) is 12.4. The molecule has 18 heavy (non-hydrogen) atoms. The van der Waals surface area contributed by atoms with Crippen molar-refractivity contribution >= 4 is 33.7 Å². The van der Waals surface area contributed by atoms with E-state index >= 15 is 0 Å². The summed E-state index contributed by atoms with van der Waals surface area (Å²) in [5.74, 6) is 0. The Balaban J connectivity index is 1.98. The maximum atomic E-state index is 6.58. The van der Waals surface area contributed by atoms with Crippen LogP contribution in [0.3, 0.4) is 0 Å². The molecule has 1 atom stereocenters. The van der Waals surface area contributed by atoms with Crippen LogP contribution < -0.4 is 0 Å². The van der Waals surface area contributed by atoms with E-state index < -0.39 is 0 Å². The lowest BCUT2D eigenvalue weighted by Gasteiger charge is -2.12. The first kappa shape index (κ1) is 11.8. The molecular weight excluding hydrogens is 260 g/mol. The smallest absolute Gasteiger partial charge is 0.0631 e. The lowest BCUT2D eigenvalue weighted by atomic mass is 9.99. The quantitative estimate of drug-likeness (QED) is 0.558. The van der Waals surface area contributed by atoms with Gasteiger partial charge >= 0.3 is 0 Å². The summed E-state index contributed by atoms with van der Waals surface area (Å²) in [7, 11) is 0. The number of fused-ring (bicyclic) bond motifs is 1. The Labute approximate surface area is 116 Å². The molecule has 1 unspecified atom stereocenters. The molecule has 0 aliphatic heterocycles. The van der Waals surface area contributed by atoms with Crippen LogP contribution in [0.5, 0.6) is 0 Å². The highest BCUT2D eigenvalue weighted by Gasteiger charge is 2.12. The van der Waals surface area contributed by atoms with Crippen LogP contribution in [0.1, 0.15) is 16.5 Å². The molecule has 0 amide bonds. The summed E-state index contributed by atoms with van der Waals surface area (Å²) in [6.07, 6.45) is 0.888. The fourth-order valence-electron chi connectivity index (χ4n) is 2.25. The van der Waals surface area contributed by atoms with E-state index in [1.165, 1.54) is 21.9 Å². The van der Waals surface area contributed by atoms with Gasteiger partial charge in [0.15, 0.2) is 0 Å². The first-order valence-electron chi connectivity index (χ1n) is 5.97. The lowest BCUT2D eigenvalue weighted by molar-refractivity contribution is 0.933. The minimum absolute atomic E-state index is 0.0331. The highest BCUT2D eigenvalue weighted by atomic mass is 35.5. The van der Waals surface area contributed by atoms with E-state index in [0.717, 1.165) is 6.42 Å². The maximum Gasteiger partial charge on any atom is 0.0631 e. The standard InChI is InChI=1S/C16H13ClS/c17-16(10-12-8-9-18-11-12)15-7-3-5-13-4-1-2-6-14(13)15/h1-9,11,16H,10H2. The van der Waals surface area contributed by atoms with Crippen molar-refractivity contribution in [1.29, 1.82) is 0 Å². The van der Waals surface area contributed by atoms with Crippen molar-refractivity contribution in [3.8, 4) is 0 Å². The fraction of sp³-hybridized carbons (Fsp3) is 0.125. The molecule has 1 heterocycles. The summed E-state index contributed by atoms with van der Waals surface area (Å²) in [5.41, 5.74) is 2.54. The van der Waals surface area contributed by atoms with Gasteiger partial charge in [-0.25, -0.2) is 0 Å². The summed E-state index contributed by atoms with van der Waals surface area (Å²) in [6, 6.07) is 16.9. The summed E-state index contributed by atoms with van der Waals surface area (Å²) in [5, 5.41) is 6.81. The van der Waals surface area contributed by atoms with E-state index in [2.05, 4.69) is 59.3 Å². The molecule has 3 aromatic rings. The van der Waals surface area contributed by atoms with Gasteiger partial charge in [0, 0.05) is 0 Å². The average Bonchev–Trinajstić information content (AvgIpc) is 2.91. The van der Waals surface area contributed by atoms with Crippen molar-refractivity contribution < 1.29 is 0 Å². The molecule has 0 fully saturated rings. The first-order valence-corrected chi connectivity index (χ1v) is 7.35. The van der Waals surface area contributed by atoms with Crippen LogP contribution in [0, 0.1) is 0 Å². The molecule has 2 heteroatoms. The van der Waals surface area contributed by atoms with Crippen molar-refractivity contribution in [2.24, 2.45) is 0 Å². The SMILES string of the molecule is ClC(Cc1ccsc1)c1cccc2ccccc12. The van der Waals surface area contributed by atoms with E-state index in [1.54, 1.807) is 11.3 Å². The second-order valence-corrected chi connectivity index (χ2v) is 5.68. The van der Waals surface area contributed by atoms with Crippen LogP contribution in [-0.4, -0.2) is 0 Å². The van der Waals surface area contributed by atoms with Gasteiger partial charge in [-0.1, -0.05) is 42.5 Å². The van der Waals surface area contributed by atoms with Gasteiger partial charge in [0.05, 0.1) is 5.38 Å². The van der Waals surface area contributed by atoms with Crippen LogP contribution in [0.15, 0.2) is 59.3 Å². The molecule has 0 bridgehead atoms. The van der Waals surface area contributed by atoms with E-state index in [-0.39, 0.29) is 5.38 Å². The number of hydrogen-bond donors (Lipinski definition) is 0. The van der Waals surface area contributed by atoms with Gasteiger partial charge in [-0.3, -0.25) is 0 Å². The van der Waals surface area contributed by atoms with Gasteiger partial charge in [-0.05, 0) is 45.1 Å². The Bertz CT molecular complexity index is 638. The summed E-state index contributed by atoms with van der Waals surface area (Å²) in [4.78, 5) is 0. The number of benzene rings is 2. The second-order valence-electron chi connectivity index (χ2n) is 4.37. The zero-order valence-electron chi connectivity index (χ0n) is 9.84. The van der Waals surface area contributed by atoms with Crippen molar-refractivity contribution in [3.05, 3.63) is 70.4 Å². The molecule has 0 saturated carbocycles. The number of halogens is 1. The molecule has 0 nitrogen and oxygen atoms in total. The molecule has 0 aliphatic carbocycles. The van der Waals surface area contributed by atoms with Gasteiger partial charge in [0.2, 0.25) is 0 Å². The minimum Gasteiger partial charge on any atom is -0.152 e. The Kier molecular flexibility index (Phi) is 3.35. The minimum atomic E-state index is 0.0331. The Morgan fingerprint density at radius 1 is 1.00 bits per heavy atom. The van der Waals surface area contributed by atoms with E-state index in [1.807, 2.05) is 0 Å². The van der Waals surface area contributed by atoms with Crippen LogP contribution in [-0.2, 0) is 6.42 Å². The summed E-state index contributed by atoms with van der Waals surface area (Å²) < 4.78 is 0. The molecule has 0 radical (unpaired) electrons. The maximum absolute atomic E-state index is 6.58. The van der Waals surface area contributed by atoms with Crippen LogP contribution >= 0.6 is 22.9 Å². The van der Waals surface area contributed by atoms with Crippen LogP contribution in [0.2, 0.25) is 0 Å². The molecule has 1 aromatic heterocycles. The van der Waals surface area contributed by atoms with Crippen molar-refractivity contribution in [2.75, 3.05) is 0 Å². The Morgan fingerprint density at radius 3 is 2.67 bits per heavy atom. The molecule has 0 saturated heterocycles. The number of rotatable bonds is 3. The molecule has 2 aromatic carbocycles. The normalized spacial score (nSPS) is 12.7. The molecular formula is C16H13ClS. The lowest BCUT2D eigenvalue weighted by Crippen LogP contribution is -1.95. The third kappa shape index (κ3) is 2.29. The largest absolute Gasteiger partial charge is 0.152 e. The first-order chi connectivity index (χ1) is 8.84. The number of thiophene rings is 1. The van der Waals surface area contributed by atoms with Crippen LogP contribution in [0.25, 0.3) is 10.8 Å².